The van der Waals surface area contributed by atoms with Crippen LogP contribution < -0.4 is 20.5 Å². The van der Waals surface area contributed by atoms with Crippen LogP contribution in [0.1, 0.15) is 19.8 Å². The van der Waals surface area contributed by atoms with Gasteiger partial charge in [-0.2, -0.15) is 0 Å². The summed E-state index contributed by atoms with van der Waals surface area (Å²) < 4.78 is 10.3. The van der Waals surface area contributed by atoms with Crippen LogP contribution in [0.15, 0.2) is 12.1 Å². The molecule has 5 nitrogen and oxygen atoms in total. The van der Waals surface area contributed by atoms with Crippen molar-refractivity contribution in [1.29, 1.82) is 0 Å². The first-order valence-corrected chi connectivity index (χ1v) is 6.32. The number of nitrogens with two attached hydrogens (primary N) is 1. The van der Waals surface area contributed by atoms with Crippen molar-refractivity contribution in [2.24, 2.45) is 5.73 Å². The van der Waals surface area contributed by atoms with Crippen LogP contribution in [0, 0.1) is 0 Å². The van der Waals surface area contributed by atoms with E-state index in [-0.39, 0.29) is 24.4 Å². The van der Waals surface area contributed by atoms with Crippen molar-refractivity contribution in [3.05, 3.63) is 17.2 Å². The molecule has 7 heteroatoms. The molecular formula is C13H20Cl2N2O3. The summed E-state index contributed by atoms with van der Waals surface area (Å²) in [5.74, 6) is 0.838. The molecule has 0 saturated carbocycles. The zero-order valence-electron chi connectivity index (χ0n) is 11.7. The van der Waals surface area contributed by atoms with E-state index in [1.54, 1.807) is 12.1 Å². The second kappa shape index (κ2) is 8.89. The first kappa shape index (κ1) is 18.8. The number of ether oxygens (including phenoxy) is 2. The van der Waals surface area contributed by atoms with Gasteiger partial charge in [-0.15, -0.1) is 12.4 Å². The maximum Gasteiger partial charge on any atom is 0.224 e. The smallest absolute Gasteiger partial charge is 0.224 e. The van der Waals surface area contributed by atoms with E-state index in [1.807, 2.05) is 6.92 Å². The predicted octanol–water partition coefficient (Wildman–Crippen LogP) is 2.84. The Bertz CT molecular complexity index is 453. The Kier molecular flexibility index (Phi) is 8.37. The second-order valence-corrected chi connectivity index (χ2v) is 4.66. The number of benzene rings is 1. The summed E-state index contributed by atoms with van der Waals surface area (Å²) in [5.41, 5.74) is 6.14. The number of rotatable bonds is 6. The maximum absolute atomic E-state index is 11.8. The van der Waals surface area contributed by atoms with Gasteiger partial charge in [-0.25, -0.2) is 0 Å². The third-order valence-electron chi connectivity index (χ3n) is 2.57. The van der Waals surface area contributed by atoms with Crippen LogP contribution in [-0.2, 0) is 4.79 Å². The molecule has 0 aromatic heterocycles. The number of halogens is 2. The minimum Gasteiger partial charge on any atom is -0.495 e. The molecule has 0 bridgehead atoms. The Hall–Kier alpha value is -1.17. The number of hydrogen-bond acceptors (Lipinski definition) is 4. The van der Waals surface area contributed by atoms with E-state index in [1.165, 1.54) is 14.2 Å². The zero-order chi connectivity index (χ0) is 14.4. The van der Waals surface area contributed by atoms with Crippen LogP contribution >= 0.6 is 24.0 Å². The molecule has 3 N–H and O–H groups in total. The van der Waals surface area contributed by atoms with E-state index in [9.17, 15) is 4.79 Å². The van der Waals surface area contributed by atoms with Crippen molar-refractivity contribution in [3.8, 4) is 11.5 Å². The third-order valence-corrected chi connectivity index (χ3v) is 2.87. The zero-order valence-corrected chi connectivity index (χ0v) is 13.3. The summed E-state index contributed by atoms with van der Waals surface area (Å²) in [7, 11) is 3.02. The first-order valence-electron chi connectivity index (χ1n) is 5.95. The summed E-state index contributed by atoms with van der Waals surface area (Å²) in [4.78, 5) is 11.8. The average molecular weight is 323 g/mol. The lowest BCUT2D eigenvalue weighted by Crippen LogP contribution is -2.19. The van der Waals surface area contributed by atoms with Crippen molar-refractivity contribution in [3.63, 3.8) is 0 Å². The number of carbonyl (C=O) groups excluding carboxylic acids is 1. The van der Waals surface area contributed by atoms with E-state index in [2.05, 4.69) is 5.32 Å². The van der Waals surface area contributed by atoms with Gasteiger partial charge in [0.2, 0.25) is 5.91 Å². The molecular weight excluding hydrogens is 303 g/mol. The Morgan fingerprint density at radius 2 is 1.95 bits per heavy atom. The maximum atomic E-state index is 11.8. The van der Waals surface area contributed by atoms with Gasteiger partial charge in [-0.05, 0) is 13.3 Å². The monoisotopic (exact) mass is 322 g/mol. The Morgan fingerprint density at radius 1 is 1.35 bits per heavy atom. The standard InChI is InChI=1S/C13H19ClN2O3.ClH/c1-8(15)4-5-13(17)16-10-7-11(18-2)9(14)6-12(10)19-3;/h6-8H,4-5,15H2,1-3H3,(H,16,17);1H. The van der Waals surface area contributed by atoms with E-state index in [0.717, 1.165) is 0 Å². The highest BCUT2D eigenvalue weighted by molar-refractivity contribution is 6.32. The summed E-state index contributed by atoms with van der Waals surface area (Å²) in [6.07, 6.45) is 0.977. The lowest BCUT2D eigenvalue weighted by atomic mass is 10.2. The minimum absolute atomic E-state index is 0. The van der Waals surface area contributed by atoms with Gasteiger partial charge in [0.25, 0.3) is 0 Å². The van der Waals surface area contributed by atoms with E-state index >= 15 is 0 Å². The molecule has 1 atom stereocenters. The molecule has 114 valence electrons. The van der Waals surface area contributed by atoms with Crippen molar-refractivity contribution >= 4 is 35.6 Å². The van der Waals surface area contributed by atoms with Crippen LogP contribution in [0.3, 0.4) is 0 Å². The highest BCUT2D eigenvalue weighted by Crippen LogP contribution is 2.35. The van der Waals surface area contributed by atoms with Crippen molar-refractivity contribution < 1.29 is 14.3 Å². The number of carbonyl (C=O) groups is 1. The number of methoxy groups -OCH3 is 2. The second-order valence-electron chi connectivity index (χ2n) is 4.25. The topological polar surface area (TPSA) is 73.6 Å². The largest absolute Gasteiger partial charge is 0.495 e. The molecule has 0 heterocycles. The molecule has 0 radical (unpaired) electrons. The molecule has 0 spiro atoms. The lowest BCUT2D eigenvalue weighted by Gasteiger charge is -2.13. The van der Waals surface area contributed by atoms with Gasteiger partial charge in [-0.1, -0.05) is 11.6 Å². The Labute approximate surface area is 130 Å². The number of amides is 1. The summed E-state index contributed by atoms with van der Waals surface area (Å²) >= 11 is 5.99. The van der Waals surface area contributed by atoms with Crippen LogP contribution in [0.2, 0.25) is 5.02 Å². The molecule has 1 aromatic carbocycles. The Morgan fingerprint density at radius 3 is 2.45 bits per heavy atom. The SMILES string of the molecule is COc1cc(NC(=O)CCC(C)N)c(OC)cc1Cl.Cl. The van der Waals surface area contributed by atoms with E-state index in [0.29, 0.717) is 35.1 Å². The molecule has 0 fully saturated rings. The van der Waals surface area contributed by atoms with Crippen LogP contribution in [0.4, 0.5) is 5.69 Å². The number of hydrogen-bond donors (Lipinski definition) is 2. The summed E-state index contributed by atoms with van der Waals surface area (Å²) in [6.45, 7) is 1.86. The molecule has 1 unspecified atom stereocenters. The molecule has 0 saturated heterocycles. The highest BCUT2D eigenvalue weighted by Gasteiger charge is 2.12. The number of nitrogens with one attached hydrogen (secondary N) is 1. The van der Waals surface area contributed by atoms with Gasteiger partial charge in [0.15, 0.2) is 0 Å². The van der Waals surface area contributed by atoms with E-state index in [4.69, 9.17) is 26.8 Å². The first-order chi connectivity index (χ1) is 8.97. The van der Waals surface area contributed by atoms with Gasteiger partial charge in [-0.3, -0.25) is 4.79 Å². The summed E-state index contributed by atoms with van der Waals surface area (Å²) in [5, 5.41) is 3.18. The van der Waals surface area contributed by atoms with Gasteiger partial charge < -0.3 is 20.5 Å². The van der Waals surface area contributed by atoms with Crippen molar-refractivity contribution in [2.75, 3.05) is 19.5 Å². The minimum atomic E-state index is -0.125. The average Bonchev–Trinajstić information content (AvgIpc) is 2.37. The molecule has 20 heavy (non-hydrogen) atoms. The molecule has 1 aromatic rings. The van der Waals surface area contributed by atoms with Crippen LogP contribution in [0.25, 0.3) is 0 Å². The fraction of sp³-hybridized carbons (Fsp3) is 0.462. The van der Waals surface area contributed by atoms with Crippen LogP contribution in [0.5, 0.6) is 11.5 Å². The van der Waals surface area contributed by atoms with E-state index < -0.39 is 0 Å². The van der Waals surface area contributed by atoms with Crippen molar-refractivity contribution in [2.45, 2.75) is 25.8 Å². The van der Waals surface area contributed by atoms with Gasteiger partial charge in [0.05, 0.1) is 24.9 Å². The fourth-order valence-electron chi connectivity index (χ4n) is 1.53. The molecule has 0 aliphatic heterocycles. The van der Waals surface area contributed by atoms with Crippen LogP contribution in [-0.4, -0.2) is 26.2 Å². The predicted molar refractivity (Wildman–Crippen MR) is 83.3 cm³/mol. The quantitative estimate of drug-likeness (QED) is 0.844. The molecule has 1 amide bonds. The highest BCUT2D eigenvalue weighted by atomic mass is 35.5. The third kappa shape index (κ3) is 5.45. The molecule has 0 aliphatic rings. The lowest BCUT2D eigenvalue weighted by molar-refractivity contribution is -0.116. The normalized spacial score (nSPS) is 11.2. The van der Waals surface area contributed by atoms with Gasteiger partial charge in [0.1, 0.15) is 11.5 Å². The molecule has 1 rings (SSSR count). The Balaban J connectivity index is 0.00000361. The fourth-order valence-corrected chi connectivity index (χ4v) is 1.76. The molecule has 0 aliphatic carbocycles. The number of anilines is 1. The van der Waals surface area contributed by atoms with Gasteiger partial charge in [0, 0.05) is 24.6 Å². The summed E-state index contributed by atoms with van der Waals surface area (Å²) in [6, 6.07) is 3.22. The van der Waals surface area contributed by atoms with Crippen molar-refractivity contribution in [1.82, 2.24) is 0 Å². The van der Waals surface area contributed by atoms with Gasteiger partial charge >= 0.3 is 0 Å².